The van der Waals surface area contributed by atoms with Crippen molar-refractivity contribution in [1.29, 1.82) is 0 Å². The van der Waals surface area contributed by atoms with Gasteiger partial charge in [-0.05, 0) is 19.3 Å². The summed E-state index contributed by atoms with van der Waals surface area (Å²) in [7, 11) is 0. The number of carbonyl (C=O) groups excluding carboxylic acids is 1. The molecule has 0 radical (unpaired) electrons. The molecule has 0 bridgehead atoms. The van der Waals surface area contributed by atoms with Crippen molar-refractivity contribution >= 4 is 5.91 Å². The molecule has 92 valence electrons. The van der Waals surface area contributed by atoms with Gasteiger partial charge in [-0.2, -0.15) is 0 Å². The SMILES string of the molecule is CC1NC(C(C)C)N(CC2CCOC2)C1=O. The van der Waals surface area contributed by atoms with Crippen molar-refractivity contribution in [3.63, 3.8) is 0 Å². The summed E-state index contributed by atoms with van der Waals surface area (Å²) in [4.78, 5) is 14.0. The molecule has 2 heterocycles. The number of hydrogen-bond acceptors (Lipinski definition) is 3. The van der Waals surface area contributed by atoms with Gasteiger partial charge in [-0.25, -0.2) is 0 Å². The Hall–Kier alpha value is -0.610. The quantitative estimate of drug-likeness (QED) is 0.775. The van der Waals surface area contributed by atoms with E-state index in [-0.39, 0.29) is 18.1 Å². The predicted molar refractivity (Wildman–Crippen MR) is 61.9 cm³/mol. The molecule has 0 saturated carbocycles. The fraction of sp³-hybridized carbons (Fsp3) is 0.917. The first-order valence-electron chi connectivity index (χ1n) is 6.24. The molecule has 2 fully saturated rings. The molecule has 1 amide bonds. The van der Waals surface area contributed by atoms with Gasteiger partial charge in [-0.1, -0.05) is 13.8 Å². The molecule has 0 spiro atoms. The Bertz CT molecular complexity index is 262. The van der Waals surface area contributed by atoms with Gasteiger partial charge in [-0.3, -0.25) is 10.1 Å². The lowest BCUT2D eigenvalue weighted by atomic mass is 10.1. The van der Waals surface area contributed by atoms with E-state index in [4.69, 9.17) is 4.74 Å². The van der Waals surface area contributed by atoms with Crippen LogP contribution in [-0.4, -0.2) is 42.8 Å². The molecule has 4 nitrogen and oxygen atoms in total. The number of rotatable bonds is 3. The van der Waals surface area contributed by atoms with Crippen LogP contribution in [0.4, 0.5) is 0 Å². The third-order valence-corrected chi connectivity index (χ3v) is 3.52. The zero-order valence-corrected chi connectivity index (χ0v) is 10.4. The minimum Gasteiger partial charge on any atom is -0.381 e. The van der Waals surface area contributed by atoms with Gasteiger partial charge in [-0.15, -0.1) is 0 Å². The Morgan fingerprint density at radius 3 is 2.88 bits per heavy atom. The van der Waals surface area contributed by atoms with E-state index in [1.165, 1.54) is 0 Å². The van der Waals surface area contributed by atoms with Crippen LogP contribution >= 0.6 is 0 Å². The fourth-order valence-electron chi connectivity index (χ4n) is 2.56. The first-order valence-corrected chi connectivity index (χ1v) is 6.24. The van der Waals surface area contributed by atoms with E-state index >= 15 is 0 Å². The van der Waals surface area contributed by atoms with Gasteiger partial charge in [0.05, 0.1) is 18.8 Å². The molecule has 3 atom stereocenters. The molecule has 0 aromatic carbocycles. The van der Waals surface area contributed by atoms with Gasteiger partial charge < -0.3 is 9.64 Å². The molecule has 0 aromatic heterocycles. The zero-order chi connectivity index (χ0) is 11.7. The van der Waals surface area contributed by atoms with Gasteiger partial charge in [0.25, 0.3) is 0 Å². The number of nitrogens with zero attached hydrogens (tertiary/aromatic N) is 1. The minimum atomic E-state index is -0.0327. The highest BCUT2D eigenvalue weighted by atomic mass is 16.5. The van der Waals surface area contributed by atoms with E-state index in [1.54, 1.807) is 0 Å². The van der Waals surface area contributed by atoms with Crippen LogP contribution in [0.15, 0.2) is 0 Å². The molecule has 2 aliphatic rings. The topological polar surface area (TPSA) is 41.6 Å². The Kier molecular flexibility index (Phi) is 3.50. The molecule has 1 N–H and O–H groups in total. The van der Waals surface area contributed by atoms with Gasteiger partial charge in [0.15, 0.2) is 0 Å². The van der Waals surface area contributed by atoms with Gasteiger partial charge in [0.1, 0.15) is 0 Å². The lowest BCUT2D eigenvalue weighted by molar-refractivity contribution is -0.130. The van der Waals surface area contributed by atoms with Crippen molar-refractivity contribution in [2.24, 2.45) is 11.8 Å². The van der Waals surface area contributed by atoms with Crippen molar-refractivity contribution < 1.29 is 9.53 Å². The van der Waals surface area contributed by atoms with Crippen LogP contribution in [0.5, 0.6) is 0 Å². The van der Waals surface area contributed by atoms with E-state index in [2.05, 4.69) is 19.2 Å². The van der Waals surface area contributed by atoms with E-state index < -0.39 is 0 Å². The molecule has 3 unspecified atom stereocenters. The fourth-order valence-corrected chi connectivity index (χ4v) is 2.56. The van der Waals surface area contributed by atoms with E-state index in [1.807, 2.05) is 11.8 Å². The van der Waals surface area contributed by atoms with Crippen molar-refractivity contribution in [1.82, 2.24) is 10.2 Å². The largest absolute Gasteiger partial charge is 0.381 e. The van der Waals surface area contributed by atoms with E-state index in [0.717, 1.165) is 26.2 Å². The van der Waals surface area contributed by atoms with Crippen LogP contribution in [0.2, 0.25) is 0 Å². The molecule has 0 aliphatic carbocycles. The Balaban J connectivity index is 2.00. The van der Waals surface area contributed by atoms with Crippen molar-refractivity contribution in [3.05, 3.63) is 0 Å². The third-order valence-electron chi connectivity index (χ3n) is 3.52. The molecule has 2 saturated heterocycles. The maximum atomic E-state index is 12.0. The van der Waals surface area contributed by atoms with E-state index in [9.17, 15) is 4.79 Å². The summed E-state index contributed by atoms with van der Waals surface area (Å²) < 4.78 is 5.37. The lowest BCUT2D eigenvalue weighted by Gasteiger charge is -2.29. The average Bonchev–Trinajstić information content (AvgIpc) is 2.81. The molecular weight excluding hydrogens is 204 g/mol. The minimum absolute atomic E-state index is 0.0327. The number of carbonyl (C=O) groups is 1. The standard InChI is InChI=1S/C12H22N2O2/c1-8(2)11-13-9(3)12(15)14(11)6-10-4-5-16-7-10/h8-11,13H,4-7H2,1-3H3. The third kappa shape index (κ3) is 2.23. The second-order valence-corrected chi connectivity index (χ2v) is 5.30. The molecule has 2 aliphatic heterocycles. The summed E-state index contributed by atoms with van der Waals surface area (Å²) in [6.07, 6.45) is 1.28. The Morgan fingerprint density at radius 1 is 1.56 bits per heavy atom. The van der Waals surface area contributed by atoms with Crippen molar-refractivity contribution in [2.75, 3.05) is 19.8 Å². The summed E-state index contributed by atoms with van der Waals surface area (Å²) >= 11 is 0. The van der Waals surface area contributed by atoms with Crippen LogP contribution < -0.4 is 5.32 Å². The maximum absolute atomic E-state index is 12.0. The second kappa shape index (κ2) is 4.72. The normalized spacial score (nSPS) is 35.4. The molecular formula is C12H22N2O2. The number of amides is 1. The first-order chi connectivity index (χ1) is 7.59. The monoisotopic (exact) mass is 226 g/mol. The summed E-state index contributed by atoms with van der Waals surface area (Å²) in [5, 5.41) is 3.36. The first kappa shape index (κ1) is 11.9. The Labute approximate surface area is 97.3 Å². The van der Waals surface area contributed by atoms with Crippen LogP contribution in [-0.2, 0) is 9.53 Å². The van der Waals surface area contributed by atoms with Crippen LogP contribution in [0, 0.1) is 11.8 Å². The van der Waals surface area contributed by atoms with Gasteiger partial charge in [0.2, 0.25) is 5.91 Å². The molecule has 2 rings (SSSR count). The zero-order valence-electron chi connectivity index (χ0n) is 10.4. The van der Waals surface area contributed by atoms with Crippen LogP contribution in [0.1, 0.15) is 27.2 Å². The van der Waals surface area contributed by atoms with Crippen LogP contribution in [0.3, 0.4) is 0 Å². The summed E-state index contributed by atoms with van der Waals surface area (Å²) in [6.45, 7) is 8.76. The summed E-state index contributed by atoms with van der Waals surface area (Å²) in [5.41, 5.74) is 0. The number of hydrogen-bond donors (Lipinski definition) is 1. The lowest BCUT2D eigenvalue weighted by Crippen LogP contribution is -2.43. The van der Waals surface area contributed by atoms with Crippen molar-refractivity contribution in [3.8, 4) is 0 Å². The van der Waals surface area contributed by atoms with E-state index in [0.29, 0.717) is 11.8 Å². The summed E-state index contributed by atoms with van der Waals surface area (Å²) in [6, 6.07) is -0.0327. The second-order valence-electron chi connectivity index (χ2n) is 5.30. The molecule has 4 heteroatoms. The highest BCUT2D eigenvalue weighted by molar-refractivity contribution is 5.83. The smallest absolute Gasteiger partial charge is 0.240 e. The number of ether oxygens (including phenoxy) is 1. The maximum Gasteiger partial charge on any atom is 0.240 e. The number of nitrogens with one attached hydrogen (secondary N) is 1. The highest BCUT2D eigenvalue weighted by Gasteiger charge is 2.38. The van der Waals surface area contributed by atoms with Crippen LogP contribution in [0.25, 0.3) is 0 Å². The average molecular weight is 226 g/mol. The van der Waals surface area contributed by atoms with Gasteiger partial charge in [0, 0.05) is 19.1 Å². The molecule has 16 heavy (non-hydrogen) atoms. The summed E-state index contributed by atoms with van der Waals surface area (Å²) in [5.74, 6) is 1.22. The molecule has 0 aromatic rings. The predicted octanol–water partition coefficient (Wildman–Crippen LogP) is 0.825. The highest BCUT2D eigenvalue weighted by Crippen LogP contribution is 2.22. The van der Waals surface area contributed by atoms with Crippen molar-refractivity contribution in [2.45, 2.75) is 39.4 Å². The Morgan fingerprint density at radius 2 is 2.31 bits per heavy atom. The van der Waals surface area contributed by atoms with Gasteiger partial charge >= 0.3 is 0 Å².